The fourth-order valence-corrected chi connectivity index (χ4v) is 2.95. The highest BCUT2D eigenvalue weighted by molar-refractivity contribution is 7.13. The molecule has 0 fully saturated rings. The lowest BCUT2D eigenvalue weighted by Gasteiger charge is -2.00. The third-order valence-corrected chi connectivity index (χ3v) is 4.08. The molecule has 0 unspecified atom stereocenters. The molecule has 2 aromatic heterocycles. The fourth-order valence-electron chi connectivity index (χ4n) is 2.13. The Morgan fingerprint density at radius 1 is 1.36 bits per heavy atom. The van der Waals surface area contributed by atoms with Crippen molar-refractivity contribution in [2.24, 2.45) is 7.05 Å². The highest BCUT2D eigenvalue weighted by atomic mass is 32.1. The van der Waals surface area contributed by atoms with E-state index in [0.717, 1.165) is 16.3 Å². The summed E-state index contributed by atoms with van der Waals surface area (Å²) in [5, 5.41) is 9.75. The Hall–Kier alpha value is -2.47. The van der Waals surface area contributed by atoms with Crippen molar-refractivity contribution in [3.8, 4) is 10.6 Å². The van der Waals surface area contributed by atoms with Gasteiger partial charge in [-0.1, -0.05) is 23.8 Å². The van der Waals surface area contributed by atoms with Crippen LogP contribution in [0.3, 0.4) is 0 Å². The summed E-state index contributed by atoms with van der Waals surface area (Å²) in [6, 6.07) is 9.95. The van der Waals surface area contributed by atoms with Gasteiger partial charge in [0, 0.05) is 30.3 Å². The Morgan fingerprint density at radius 3 is 2.95 bits per heavy atom. The monoisotopic (exact) mass is 312 g/mol. The molecular weight excluding hydrogens is 296 g/mol. The van der Waals surface area contributed by atoms with Gasteiger partial charge < -0.3 is 5.32 Å². The van der Waals surface area contributed by atoms with Crippen LogP contribution in [0, 0.1) is 6.92 Å². The van der Waals surface area contributed by atoms with E-state index in [0.29, 0.717) is 5.82 Å². The molecule has 1 amide bonds. The van der Waals surface area contributed by atoms with Crippen molar-refractivity contribution in [2.75, 3.05) is 5.32 Å². The maximum atomic E-state index is 12.0. The summed E-state index contributed by atoms with van der Waals surface area (Å²) in [4.78, 5) is 16.5. The van der Waals surface area contributed by atoms with Crippen molar-refractivity contribution >= 4 is 23.1 Å². The second-order valence-electron chi connectivity index (χ2n) is 5.11. The van der Waals surface area contributed by atoms with Crippen molar-refractivity contribution in [1.29, 1.82) is 0 Å². The van der Waals surface area contributed by atoms with Gasteiger partial charge in [-0.2, -0.15) is 5.10 Å². The zero-order chi connectivity index (χ0) is 15.5. The molecule has 0 aliphatic rings. The molecule has 6 heteroatoms. The molecule has 0 bridgehead atoms. The van der Waals surface area contributed by atoms with Crippen molar-refractivity contribution < 1.29 is 4.79 Å². The Labute approximate surface area is 132 Å². The van der Waals surface area contributed by atoms with Crippen LogP contribution in [0.4, 0.5) is 5.82 Å². The van der Waals surface area contributed by atoms with Crippen LogP contribution in [0.2, 0.25) is 0 Å². The van der Waals surface area contributed by atoms with Gasteiger partial charge in [0.05, 0.1) is 12.1 Å². The number of rotatable bonds is 4. The lowest BCUT2D eigenvalue weighted by atomic mass is 10.1. The number of benzene rings is 1. The molecule has 22 heavy (non-hydrogen) atoms. The number of nitrogens with zero attached hydrogens (tertiary/aromatic N) is 3. The summed E-state index contributed by atoms with van der Waals surface area (Å²) in [6.07, 6.45) is 2.03. The largest absolute Gasteiger partial charge is 0.309 e. The van der Waals surface area contributed by atoms with E-state index in [9.17, 15) is 4.79 Å². The van der Waals surface area contributed by atoms with E-state index in [2.05, 4.69) is 34.5 Å². The van der Waals surface area contributed by atoms with Gasteiger partial charge in [0.1, 0.15) is 5.01 Å². The molecule has 0 radical (unpaired) electrons. The molecule has 2 heterocycles. The average molecular weight is 312 g/mol. The number of aromatic nitrogens is 3. The molecule has 0 saturated heterocycles. The molecule has 0 aliphatic heterocycles. The summed E-state index contributed by atoms with van der Waals surface area (Å²) < 4.78 is 1.65. The zero-order valence-electron chi connectivity index (χ0n) is 12.4. The summed E-state index contributed by atoms with van der Waals surface area (Å²) in [7, 11) is 1.81. The second kappa shape index (κ2) is 6.11. The van der Waals surface area contributed by atoms with Crippen LogP contribution in [-0.2, 0) is 18.3 Å². The Bertz CT molecular complexity index is 806. The van der Waals surface area contributed by atoms with E-state index in [-0.39, 0.29) is 12.3 Å². The maximum absolute atomic E-state index is 12.0. The SMILES string of the molecule is Cc1cccc(-c2nc(CC(=O)Nc3ccn(C)n3)cs2)c1. The molecule has 0 spiro atoms. The Morgan fingerprint density at radius 2 is 2.23 bits per heavy atom. The fraction of sp³-hybridized carbons (Fsp3) is 0.188. The number of aryl methyl sites for hydroxylation is 2. The number of carbonyl (C=O) groups is 1. The van der Waals surface area contributed by atoms with Crippen LogP contribution in [0.25, 0.3) is 10.6 Å². The molecule has 1 N–H and O–H groups in total. The highest BCUT2D eigenvalue weighted by Gasteiger charge is 2.10. The number of nitrogens with one attached hydrogen (secondary N) is 1. The standard InChI is InChI=1S/C16H16N4OS/c1-11-4-3-5-12(8-11)16-17-13(10-22-16)9-15(21)18-14-6-7-20(2)19-14/h3-8,10H,9H2,1-2H3,(H,18,19,21). The first-order valence-corrected chi connectivity index (χ1v) is 7.79. The van der Waals surface area contributed by atoms with Crippen molar-refractivity contribution in [1.82, 2.24) is 14.8 Å². The lowest BCUT2D eigenvalue weighted by molar-refractivity contribution is -0.115. The van der Waals surface area contributed by atoms with Crippen LogP contribution in [0.1, 0.15) is 11.3 Å². The number of thiazole rings is 1. The van der Waals surface area contributed by atoms with E-state index < -0.39 is 0 Å². The maximum Gasteiger partial charge on any atom is 0.231 e. The van der Waals surface area contributed by atoms with Crippen LogP contribution in [0.15, 0.2) is 41.9 Å². The van der Waals surface area contributed by atoms with E-state index in [1.54, 1.807) is 28.3 Å². The van der Waals surface area contributed by atoms with E-state index in [1.807, 2.05) is 24.6 Å². The van der Waals surface area contributed by atoms with Crippen LogP contribution < -0.4 is 5.32 Å². The summed E-state index contributed by atoms with van der Waals surface area (Å²) in [6.45, 7) is 2.05. The van der Waals surface area contributed by atoms with Gasteiger partial charge in [-0.15, -0.1) is 11.3 Å². The summed E-state index contributed by atoms with van der Waals surface area (Å²) in [5.41, 5.74) is 3.05. The smallest absolute Gasteiger partial charge is 0.231 e. The minimum Gasteiger partial charge on any atom is -0.309 e. The molecule has 0 saturated carbocycles. The minimum atomic E-state index is -0.111. The van der Waals surface area contributed by atoms with E-state index in [1.165, 1.54) is 5.56 Å². The normalized spacial score (nSPS) is 10.6. The van der Waals surface area contributed by atoms with Crippen LogP contribution >= 0.6 is 11.3 Å². The first-order valence-electron chi connectivity index (χ1n) is 6.91. The molecule has 112 valence electrons. The van der Waals surface area contributed by atoms with Gasteiger partial charge in [-0.05, 0) is 13.0 Å². The van der Waals surface area contributed by atoms with Crippen LogP contribution in [0.5, 0.6) is 0 Å². The number of amides is 1. The number of hydrogen-bond donors (Lipinski definition) is 1. The first kappa shape index (κ1) is 14.5. The van der Waals surface area contributed by atoms with Crippen LogP contribution in [-0.4, -0.2) is 20.7 Å². The number of carbonyl (C=O) groups excluding carboxylic acids is 1. The molecule has 0 aliphatic carbocycles. The van der Waals surface area contributed by atoms with Gasteiger partial charge in [0.2, 0.25) is 5.91 Å². The Kier molecular flexibility index (Phi) is 4.02. The molecule has 3 rings (SSSR count). The van der Waals surface area contributed by atoms with Crippen molar-refractivity contribution in [2.45, 2.75) is 13.3 Å². The average Bonchev–Trinajstić information content (AvgIpc) is 3.08. The first-order chi connectivity index (χ1) is 10.6. The predicted octanol–water partition coefficient (Wildman–Crippen LogP) is 3.03. The molecular formula is C16H16N4OS. The van der Waals surface area contributed by atoms with Gasteiger partial charge in [-0.25, -0.2) is 4.98 Å². The predicted molar refractivity (Wildman–Crippen MR) is 87.8 cm³/mol. The molecule has 0 atom stereocenters. The van der Waals surface area contributed by atoms with Gasteiger partial charge in [0.15, 0.2) is 5.82 Å². The van der Waals surface area contributed by atoms with E-state index >= 15 is 0 Å². The molecule has 3 aromatic rings. The number of anilines is 1. The molecule has 5 nitrogen and oxygen atoms in total. The highest BCUT2D eigenvalue weighted by Crippen LogP contribution is 2.24. The second-order valence-corrected chi connectivity index (χ2v) is 5.97. The third-order valence-electron chi connectivity index (χ3n) is 3.14. The Balaban J connectivity index is 1.67. The van der Waals surface area contributed by atoms with Crippen molar-refractivity contribution in [3.63, 3.8) is 0 Å². The van der Waals surface area contributed by atoms with Gasteiger partial charge in [-0.3, -0.25) is 9.48 Å². The minimum absolute atomic E-state index is 0.111. The third kappa shape index (κ3) is 3.40. The van der Waals surface area contributed by atoms with Gasteiger partial charge in [0.25, 0.3) is 0 Å². The summed E-state index contributed by atoms with van der Waals surface area (Å²) >= 11 is 1.55. The lowest BCUT2D eigenvalue weighted by Crippen LogP contribution is -2.15. The van der Waals surface area contributed by atoms with Crippen molar-refractivity contribution in [3.05, 3.63) is 53.2 Å². The van der Waals surface area contributed by atoms with Gasteiger partial charge >= 0.3 is 0 Å². The summed E-state index contributed by atoms with van der Waals surface area (Å²) in [5.74, 6) is 0.446. The quantitative estimate of drug-likeness (QED) is 0.805. The molecule has 1 aromatic carbocycles. The zero-order valence-corrected chi connectivity index (χ0v) is 13.2. The topological polar surface area (TPSA) is 59.8 Å². The van der Waals surface area contributed by atoms with E-state index in [4.69, 9.17) is 0 Å². The number of hydrogen-bond acceptors (Lipinski definition) is 4.